The molecule has 0 aliphatic rings. The van der Waals surface area contributed by atoms with Crippen molar-refractivity contribution in [1.29, 1.82) is 0 Å². The molecule has 0 saturated heterocycles. The van der Waals surface area contributed by atoms with Crippen LogP contribution in [0, 0.1) is 13.8 Å². The zero-order chi connectivity index (χ0) is 43.3. The number of aryl methyl sites for hydroxylation is 4. The molecular formula is C56H52Cl2O2SiZr-2. The molecule has 0 bridgehead atoms. The number of halogens is 2. The quantitative estimate of drug-likeness (QED) is 0.112. The molecule has 0 N–H and O–H groups in total. The number of hydrogen-bond donors (Lipinski definition) is 0. The number of fused-ring (bicyclic) bond motifs is 4. The van der Waals surface area contributed by atoms with E-state index >= 15 is 0 Å². The van der Waals surface area contributed by atoms with Gasteiger partial charge in [0.2, 0.25) is 0 Å². The third-order valence-corrected chi connectivity index (χ3v) is 31.4. The molecular weight excluding hydrogens is 895 g/mol. The van der Waals surface area contributed by atoms with Gasteiger partial charge in [0.15, 0.2) is 0 Å². The van der Waals surface area contributed by atoms with Crippen molar-refractivity contribution in [1.82, 2.24) is 0 Å². The van der Waals surface area contributed by atoms with Crippen molar-refractivity contribution in [2.24, 2.45) is 0 Å². The van der Waals surface area contributed by atoms with Crippen LogP contribution in [-0.2, 0) is 30.8 Å². The second-order valence-electron chi connectivity index (χ2n) is 16.5. The van der Waals surface area contributed by atoms with E-state index in [4.69, 9.17) is 25.9 Å². The molecule has 0 fully saturated rings. The molecule has 0 atom stereocenters. The van der Waals surface area contributed by atoms with Gasteiger partial charge in [-0.3, -0.25) is 0 Å². The van der Waals surface area contributed by atoms with Gasteiger partial charge in [0.05, 0.1) is 24.0 Å². The van der Waals surface area contributed by atoms with Gasteiger partial charge in [0.25, 0.3) is 0 Å². The van der Waals surface area contributed by atoms with Crippen LogP contribution in [0.4, 0.5) is 0 Å². The summed E-state index contributed by atoms with van der Waals surface area (Å²) >= 11 is -1.65. The molecule has 0 unspecified atom stereocenters. The predicted octanol–water partition coefficient (Wildman–Crippen LogP) is 18.0. The summed E-state index contributed by atoms with van der Waals surface area (Å²) in [6, 6.07) is 52.7. The van der Waals surface area contributed by atoms with Crippen LogP contribution in [0.2, 0.25) is 13.1 Å². The van der Waals surface area contributed by atoms with Gasteiger partial charge in [0, 0.05) is 10.8 Å². The zero-order valence-corrected chi connectivity index (χ0v) is 41.4. The van der Waals surface area contributed by atoms with Crippen LogP contribution in [0.5, 0.6) is 0 Å². The Balaban J connectivity index is 0.000000151. The Labute approximate surface area is 381 Å². The third kappa shape index (κ3) is 9.46. The second-order valence-corrected chi connectivity index (χ2v) is 39.4. The van der Waals surface area contributed by atoms with E-state index in [9.17, 15) is 0 Å². The van der Waals surface area contributed by atoms with Crippen LogP contribution in [0.25, 0.3) is 88.0 Å². The molecule has 62 heavy (non-hydrogen) atoms. The topological polar surface area (TPSA) is 26.3 Å². The monoisotopic (exact) mass is 944 g/mol. The van der Waals surface area contributed by atoms with Crippen LogP contribution in [0.15, 0.2) is 167 Å². The van der Waals surface area contributed by atoms with Crippen molar-refractivity contribution in [3.05, 3.63) is 180 Å². The van der Waals surface area contributed by atoms with Crippen LogP contribution in [0.1, 0.15) is 48.9 Å². The Kier molecular flexibility index (Phi) is 14.0. The molecule has 0 radical (unpaired) electrons. The standard InChI is InChI=1S/2C27H23O.C2H6Si.2ClH.Zr/c2*1-3-6-19-10-13-20(14-11-19)26-18(2)9-12-21-15-23(16-25(21)26)27-24-8-5-4-7-22(24)17-28-27;1-3-2;;;/h2*4-5,7-17H,3,6H2,1-2H3;1-2H3;2*1H;/q2*-1;;;;+2/p-2. The van der Waals surface area contributed by atoms with Crippen LogP contribution >= 0.6 is 17.0 Å². The Morgan fingerprint density at radius 1 is 0.516 bits per heavy atom. The second kappa shape index (κ2) is 19.8. The molecule has 0 aliphatic heterocycles. The summed E-state index contributed by atoms with van der Waals surface area (Å²) in [5.74, 6) is 1.90. The molecule has 2 heterocycles. The Bertz CT molecular complexity index is 2940. The Morgan fingerprint density at radius 2 is 0.903 bits per heavy atom. The molecule has 10 aromatic rings. The molecule has 312 valence electrons. The van der Waals surface area contributed by atoms with E-state index in [2.05, 4.69) is 174 Å². The molecule has 6 heteroatoms. The van der Waals surface area contributed by atoms with Gasteiger partial charge in [-0.25, -0.2) is 0 Å². The number of hydrogen-bond acceptors (Lipinski definition) is 2. The molecule has 0 aliphatic carbocycles. The zero-order valence-electron chi connectivity index (χ0n) is 36.4. The third-order valence-electron chi connectivity index (χ3n) is 11.7. The fraction of sp³-hybridized carbons (Fsp3) is 0.179. The summed E-state index contributed by atoms with van der Waals surface area (Å²) in [5, 5.41) is 9.72. The maximum absolute atomic E-state index is 5.95. The van der Waals surface area contributed by atoms with Gasteiger partial charge >= 0.3 is 53.5 Å². The van der Waals surface area contributed by atoms with Crippen molar-refractivity contribution in [3.8, 4) is 44.9 Å². The van der Waals surface area contributed by atoms with Crippen LogP contribution < -0.4 is 0 Å². The van der Waals surface area contributed by atoms with Crippen molar-refractivity contribution < 1.29 is 26.8 Å². The van der Waals surface area contributed by atoms with Gasteiger partial charge in [-0.1, -0.05) is 158 Å². The van der Waals surface area contributed by atoms with E-state index in [0.717, 1.165) is 46.3 Å². The van der Waals surface area contributed by atoms with Crippen molar-refractivity contribution in [3.63, 3.8) is 0 Å². The number of rotatable bonds is 8. The van der Waals surface area contributed by atoms with Gasteiger partial charge in [-0.05, 0) is 70.8 Å². The summed E-state index contributed by atoms with van der Waals surface area (Å²) in [5.41, 5.74) is 12.7. The normalized spacial score (nSPS) is 11.2. The summed E-state index contributed by atoms with van der Waals surface area (Å²) in [7, 11) is 11.2. The first-order valence-corrected chi connectivity index (χ1v) is 34.2. The van der Waals surface area contributed by atoms with E-state index in [1.165, 1.54) is 89.7 Å². The van der Waals surface area contributed by atoms with E-state index in [0.29, 0.717) is 0 Å². The van der Waals surface area contributed by atoms with E-state index in [-0.39, 0.29) is 5.43 Å². The average Bonchev–Trinajstić information content (AvgIpc) is 4.10. The van der Waals surface area contributed by atoms with E-state index < -0.39 is 18.0 Å². The van der Waals surface area contributed by atoms with Crippen molar-refractivity contribution in [2.75, 3.05) is 0 Å². The predicted molar refractivity (Wildman–Crippen MR) is 267 cm³/mol. The first-order valence-electron chi connectivity index (χ1n) is 21.6. The number of furan rings is 2. The summed E-state index contributed by atoms with van der Waals surface area (Å²) in [6.07, 6.45) is 8.32. The van der Waals surface area contributed by atoms with Gasteiger partial charge < -0.3 is 8.83 Å². The first-order chi connectivity index (χ1) is 30.1. The van der Waals surface area contributed by atoms with Crippen LogP contribution in [-0.4, -0.2) is 5.43 Å². The van der Waals surface area contributed by atoms with E-state index in [1.807, 2.05) is 24.7 Å². The minimum absolute atomic E-state index is 0.224. The fourth-order valence-corrected chi connectivity index (χ4v) is 8.50. The Morgan fingerprint density at radius 3 is 1.27 bits per heavy atom. The summed E-state index contributed by atoms with van der Waals surface area (Å²) in [4.78, 5) is 0. The molecule has 8 aromatic carbocycles. The fourth-order valence-electron chi connectivity index (χ4n) is 8.50. The summed E-state index contributed by atoms with van der Waals surface area (Å²) < 4.78 is 11.9. The van der Waals surface area contributed by atoms with Gasteiger partial charge in [-0.15, -0.1) is 57.9 Å². The minimum atomic E-state index is -1.65. The molecule has 0 saturated carbocycles. The van der Waals surface area contributed by atoms with Gasteiger partial charge in [0.1, 0.15) is 0 Å². The maximum atomic E-state index is 5.95. The van der Waals surface area contributed by atoms with Gasteiger partial charge in [-0.2, -0.15) is 0 Å². The molecule has 0 amide bonds. The van der Waals surface area contributed by atoms with Crippen LogP contribution in [0.3, 0.4) is 0 Å². The van der Waals surface area contributed by atoms with Crippen molar-refractivity contribution >= 4 is 65.5 Å². The summed E-state index contributed by atoms with van der Waals surface area (Å²) in [6.45, 7) is 13.2. The first kappa shape index (κ1) is 43.9. The van der Waals surface area contributed by atoms with E-state index in [1.54, 1.807) is 0 Å². The average molecular weight is 947 g/mol. The SMILES string of the molecule is CCCc1ccc(-c2c(C)ccc3[cH-]c(-c4occ5ccccc45)cc23)cc1.CCCc1ccc(-c2c(C)ccc3[cH-]c(-c4occ5ccccc45)cc23)cc1.C[Si](C)=[Zr]([Cl])[Cl]. The molecule has 0 spiro atoms. The Hall–Kier alpha value is -4.70. The van der Waals surface area contributed by atoms with Crippen molar-refractivity contribution in [2.45, 2.75) is 66.5 Å². The molecule has 10 rings (SSSR count). The molecule has 2 nitrogen and oxygen atoms in total. The molecule has 2 aromatic heterocycles. The number of benzene rings is 6.